The second-order valence-corrected chi connectivity index (χ2v) is 6.31. The molecule has 10 heteroatoms. The minimum Gasteiger partial charge on any atom is -0.481 e. The highest BCUT2D eigenvalue weighted by molar-refractivity contribution is 6.10. The van der Waals surface area contributed by atoms with E-state index < -0.39 is 47.7 Å². The van der Waals surface area contributed by atoms with E-state index >= 15 is 0 Å². The van der Waals surface area contributed by atoms with E-state index in [1.165, 1.54) is 38.1 Å². The summed E-state index contributed by atoms with van der Waals surface area (Å²) in [6, 6.07) is 7.85. The van der Waals surface area contributed by atoms with Crippen molar-refractivity contribution in [3.05, 3.63) is 48.0 Å². The maximum Gasteiger partial charge on any atom is 0.344 e. The molecule has 0 radical (unpaired) electrons. The van der Waals surface area contributed by atoms with Crippen molar-refractivity contribution in [2.24, 2.45) is 5.92 Å². The fourth-order valence-corrected chi connectivity index (χ4v) is 2.57. The first-order chi connectivity index (χ1) is 14.7. The van der Waals surface area contributed by atoms with Crippen molar-refractivity contribution in [3.63, 3.8) is 0 Å². The van der Waals surface area contributed by atoms with Crippen LogP contribution in [0.15, 0.2) is 42.5 Å². The van der Waals surface area contributed by atoms with Crippen molar-refractivity contribution in [3.8, 4) is 0 Å². The summed E-state index contributed by atoms with van der Waals surface area (Å²) in [5.74, 6) is -7.61. The lowest BCUT2D eigenvalue weighted by Gasteiger charge is -2.29. The molecule has 0 spiro atoms. The number of carboxylic acid groups (broad SMARTS) is 2. The molecule has 0 aliphatic carbocycles. The summed E-state index contributed by atoms with van der Waals surface area (Å²) in [7, 11) is 0. The number of esters is 2. The monoisotopic (exact) mass is 435 g/mol. The number of rotatable bonds is 12. The number of amides is 1. The third-order valence-corrected chi connectivity index (χ3v) is 4.17. The first-order valence-corrected chi connectivity index (χ1v) is 9.52. The summed E-state index contributed by atoms with van der Waals surface area (Å²) >= 11 is 0. The molecule has 168 valence electrons. The summed E-state index contributed by atoms with van der Waals surface area (Å²) in [5.41, 5.74) is -2.06. The lowest BCUT2D eigenvalue weighted by Crippen LogP contribution is -2.61. The van der Waals surface area contributed by atoms with E-state index in [1.54, 1.807) is 18.2 Å². The topological polar surface area (TPSA) is 156 Å². The van der Waals surface area contributed by atoms with Crippen LogP contribution in [-0.2, 0) is 28.7 Å². The van der Waals surface area contributed by atoms with Gasteiger partial charge < -0.3 is 25.0 Å². The summed E-state index contributed by atoms with van der Waals surface area (Å²) in [4.78, 5) is 60.2. The second-order valence-electron chi connectivity index (χ2n) is 6.31. The quantitative estimate of drug-likeness (QED) is 0.251. The highest BCUT2D eigenvalue weighted by Crippen LogP contribution is 2.19. The van der Waals surface area contributed by atoms with E-state index in [1.807, 2.05) is 0 Å². The molecule has 3 N–H and O–H groups in total. The Kier molecular flexibility index (Phi) is 9.90. The van der Waals surface area contributed by atoms with Gasteiger partial charge >= 0.3 is 23.9 Å². The highest BCUT2D eigenvalue weighted by Gasteiger charge is 2.49. The van der Waals surface area contributed by atoms with E-state index in [0.29, 0.717) is 0 Å². The Hall–Kier alpha value is -3.69. The summed E-state index contributed by atoms with van der Waals surface area (Å²) in [5, 5.41) is 20.3. The van der Waals surface area contributed by atoms with E-state index in [4.69, 9.17) is 19.7 Å². The summed E-state index contributed by atoms with van der Waals surface area (Å²) in [6.07, 6.45) is 1.61. The molecule has 0 aliphatic rings. The molecule has 0 unspecified atom stereocenters. The third-order valence-electron chi connectivity index (χ3n) is 4.17. The first-order valence-electron chi connectivity index (χ1n) is 9.52. The molecule has 0 bridgehead atoms. The Morgan fingerprint density at radius 2 is 1.45 bits per heavy atom. The van der Waals surface area contributed by atoms with E-state index in [2.05, 4.69) is 5.32 Å². The molecule has 1 aromatic rings. The SMILES string of the molecule is CCOC(=O)C(C/C=C/CC(C(=O)O)C(=O)O)(NC(=O)c1ccccc1)C(=O)OCC. The predicted octanol–water partition coefficient (Wildman–Crippen LogP) is 1.40. The molecular weight excluding hydrogens is 410 g/mol. The van der Waals surface area contributed by atoms with E-state index in [-0.39, 0.29) is 25.2 Å². The molecule has 0 atom stereocenters. The van der Waals surface area contributed by atoms with Crippen LogP contribution in [0.2, 0.25) is 0 Å². The number of carbonyl (C=O) groups is 5. The van der Waals surface area contributed by atoms with Crippen LogP contribution in [-0.4, -0.2) is 58.8 Å². The van der Waals surface area contributed by atoms with Gasteiger partial charge in [0.1, 0.15) is 0 Å². The Morgan fingerprint density at radius 1 is 0.935 bits per heavy atom. The fraction of sp³-hybridized carbons (Fsp3) is 0.381. The molecule has 0 heterocycles. The number of hydrogen-bond donors (Lipinski definition) is 3. The largest absolute Gasteiger partial charge is 0.481 e. The number of ether oxygens (including phenoxy) is 2. The van der Waals surface area contributed by atoms with Gasteiger partial charge in [-0.2, -0.15) is 0 Å². The van der Waals surface area contributed by atoms with Crippen LogP contribution in [0.25, 0.3) is 0 Å². The predicted molar refractivity (Wildman–Crippen MR) is 107 cm³/mol. The molecular formula is C21H25NO9. The molecule has 10 nitrogen and oxygen atoms in total. The maximum absolute atomic E-state index is 12.7. The molecule has 0 saturated heterocycles. The Balaban J connectivity index is 3.25. The minimum absolute atomic E-state index is 0.0784. The molecule has 31 heavy (non-hydrogen) atoms. The number of aliphatic carboxylic acids is 2. The lowest BCUT2D eigenvalue weighted by atomic mass is 9.93. The number of carboxylic acids is 2. The van der Waals surface area contributed by atoms with Gasteiger partial charge in [0.2, 0.25) is 5.54 Å². The number of allylic oxidation sites excluding steroid dienone is 1. The number of nitrogens with one attached hydrogen (secondary N) is 1. The van der Waals surface area contributed by atoms with Gasteiger partial charge in [-0.3, -0.25) is 14.4 Å². The Morgan fingerprint density at radius 3 is 1.90 bits per heavy atom. The van der Waals surface area contributed by atoms with Crippen LogP contribution < -0.4 is 5.32 Å². The minimum atomic E-state index is -2.24. The van der Waals surface area contributed by atoms with Crippen molar-refractivity contribution in [2.75, 3.05) is 13.2 Å². The van der Waals surface area contributed by atoms with Gasteiger partial charge in [0.05, 0.1) is 13.2 Å². The molecule has 0 fully saturated rings. The highest BCUT2D eigenvalue weighted by atomic mass is 16.6. The zero-order chi connectivity index (χ0) is 23.4. The fourth-order valence-electron chi connectivity index (χ4n) is 2.57. The molecule has 1 aromatic carbocycles. The summed E-state index contributed by atoms with van der Waals surface area (Å²) < 4.78 is 9.98. The van der Waals surface area contributed by atoms with E-state index in [0.717, 1.165) is 0 Å². The van der Waals surface area contributed by atoms with Crippen LogP contribution in [0.5, 0.6) is 0 Å². The second kappa shape index (κ2) is 12.1. The number of benzene rings is 1. The van der Waals surface area contributed by atoms with Crippen molar-refractivity contribution in [2.45, 2.75) is 32.2 Å². The van der Waals surface area contributed by atoms with Crippen molar-refractivity contribution < 1.29 is 43.7 Å². The van der Waals surface area contributed by atoms with Gasteiger partial charge in [0.15, 0.2) is 5.92 Å². The third kappa shape index (κ3) is 6.95. The lowest BCUT2D eigenvalue weighted by molar-refractivity contribution is -0.165. The average molecular weight is 435 g/mol. The number of carbonyl (C=O) groups excluding carboxylic acids is 3. The molecule has 0 saturated carbocycles. The number of hydrogen-bond acceptors (Lipinski definition) is 7. The molecule has 1 amide bonds. The smallest absolute Gasteiger partial charge is 0.344 e. The van der Waals surface area contributed by atoms with Gasteiger partial charge in [-0.25, -0.2) is 9.59 Å². The zero-order valence-electron chi connectivity index (χ0n) is 17.2. The standard InChI is InChI=1S/C21H25NO9/c1-3-30-19(28)21(20(29)31-4-2,22-16(23)14-10-6-5-7-11-14)13-9-8-12-15(17(24)25)18(26)27/h5-11,15H,3-4,12-13H2,1-2H3,(H,22,23)(H,24,25)(H,26,27)/b9-8+. The van der Waals surface area contributed by atoms with Crippen LogP contribution in [0, 0.1) is 5.92 Å². The van der Waals surface area contributed by atoms with Crippen molar-refractivity contribution in [1.29, 1.82) is 0 Å². The Labute approximate surface area is 178 Å². The summed E-state index contributed by atoms with van der Waals surface area (Å²) in [6.45, 7) is 2.88. The van der Waals surface area contributed by atoms with Crippen LogP contribution in [0.1, 0.15) is 37.0 Å². The van der Waals surface area contributed by atoms with Gasteiger partial charge in [-0.15, -0.1) is 0 Å². The van der Waals surface area contributed by atoms with Crippen LogP contribution >= 0.6 is 0 Å². The van der Waals surface area contributed by atoms with Crippen LogP contribution in [0.3, 0.4) is 0 Å². The zero-order valence-corrected chi connectivity index (χ0v) is 17.2. The van der Waals surface area contributed by atoms with Gasteiger partial charge in [0, 0.05) is 12.0 Å². The van der Waals surface area contributed by atoms with Gasteiger partial charge in [0.25, 0.3) is 5.91 Å². The van der Waals surface area contributed by atoms with Gasteiger partial charge in [-0.05, 0) is 32.4 Å². The average Bonchev–Trinajstić information content (AvgIpc) is 2.72. The molecule has 1 rings (SSSR count). The molecule has 0 aliphatic heterocycles. The van der Waals surface area contributed by atoms with Crippen molar-refractivity contribution in [1.82, 2.24) is 5.32 Å². The maximum atomic E-state index is 12.7. The molecule has 0 aromatic heterocycles. The van der Waals surface area contributed by atoms with E-state index in [9.17, 15) is 24.0 Å². The normalized spacial score (nSPS) is 11.2. The first kappa shape index (κ1) is 25.3. The van der Waals surface area contributed by atoms with Crippen LogP contribution in [0.4, 0.5) is 0 Å². The van der Waals surface area contributed by atoms with Gasteiger partial charge in [-0.1, -0.05) is 30.4 Å². The Bertz CT molecular complexity index is 801. The van der Waals surface area contributed by atoms with Crippen molar-refractivity contribution >= 4 is 29.8 Å².